The van der Waals surface area contributed by atoms with Crippen molar-refractivity contribution in [2.75, 3.05) is 13.1 Å². The van der Waals surface area contributed by atoms with Gasteiger partial charge in [0, 0.05) is 36.5 Å². The Morgan fingerprint density at radius 1 is 1.39 bits per heavy atom. The largest absolute Gasteiger partial charge is 0.482 e. The molecular formula is C18H20F2N2O. The number of rotatable bonds is 5. The van der Waals surface area contributed by atoms with Crippen molar-refractivity contribution in [2.45, 2.75) is 25.9 Å². The molecule has 1 aromatic carbocycles. The first-order valence-corrected chi connectivity index (χ1v) is 7.94. The van der Waals surface area contributed by atoms with Gasteiger partial charge in [-0.1, -0.05) is 13.0 Å². The fourth-order valence-corrected chi connectivity index (χ4v) is 3.05. The molecule has 2 aromatic rings. The predicted octanol–water partition coefficient (Wildman–Crippen LogP) is 3.65. The molecule has 2 heterocycles. The van der Waals surface area contributed by atoms with E-state index in [-0.39, 0.29) is 17.8 Å². The molecule has 1 N–H and O–H groups in total. The van der Waals surface area contributed by atoms with E-state index < -0.39 is 11.6 Å². The van der Waals surface area contributed by atoms with E-state index in [1.807, 2.05) is 19.1 Å². The lowest BCUT2D eigenvalue weighted by Crippen LogP contribution is -2.22. The van der Waals surface area contributed by atoms with Crippen LogP contribution in [0, 0.1) is 17.6 Å². The molecule has 0 bridgehead atoms. The maximum Gasteiger partial charge on any atom is 0.168 e. The third-order valence-electron chi connectivity index (χ3n) is 4.25. The molecule has 1 fully saturated rings. The number of nitrogens with one attached hydrogen (secondary N) is 1. The summed E-state index contributed by atoms with van der Waals surface area (Å²) in [5, 5.41) is 3.31. The Labute approximate surface area is 134 Å². The Morgan fingerprint density at radius 3 is 2.91 bits per heavy atom. The SMILES string of the molecule is CCc1cc(F)cc(F)c1OC(c1cccnc1)C1CCNC1. The second kappa shape index (κ2) is 7.04. The minimum Gasteiger partial charge on any atom is -0.482 e. The van der Waals surface area contributed by atoms with Crippen LogP contribution >= 0.6 is 0 Å². The fraction of sp³-hybridized carbons (Fsp3) is 0.389. The summed E-state index contributed by atoms with van der Waals surface area (Å²) >= 11 is 0. The lowest BCUT2D eigenvalue weighted by Gasteiger charge is -2.26. The van der Waals surface area contributed by atoms with Gasteiger partial charge in [0.05, 0.1) is 0 Å². The summed E-state index contributed by atoms with van der Waals surface area (Å²) in [6.07, 6.45) is 4.60. The van der Waals surface area contributed by atoms with Gasteiger partial charge >= 0.3 is 0 Å². The van der Waals surface area contributed by atoms with Crippen LogP contribution in [0.5, 0.6) is 5.75 Å². The third kappa shape index (κ3) is 3.50. The van der Waals surface area contributed by atoms with Gasteiger partial charge in [0.1, 0.15) is 11.9 Å². The highest BCUT2D eigenvalue weighted by Gasteiger charge is 2.29. The second-order valence-electron chi connectivity index (χ2n) is 5.81. The lowest BCUT2D eigenvalue weighted by atomic mass is 9.95. The van der Waals surface area contributed by atoms with E-state index in [0.717, 1.165) is 31.1 Å². The van der Waals surface area contributed by atoms with Crippen molar-refractivity contribution in [3.63, 3.8) is 0 Å². The fourth-order valence-electron chi connectivity index (χ4n) is 3.05. The first-order valence-electron chi connectivity index (χ1n) is 7.94. The van der Waals surface area contributed by atoms with Crippen molar-refractivity contribution >= 4 is 0 Å². The Hall–Kier alpha value is -2.01. The molecule has 1 aliphatic heterocycles. The molecule has 2 unspecified atom stereocenters. The van der Waals surface area contributed by atoms with E-state index in [2.05, 4.69) is 10.3 Å². The molecule has 23 heavy (non-hydrogen) atoms. The Kier molecular flexibility index (Phi) is 4.86. The number of pyridine rings is 1. The van der Waals surface area contributed by atoms with Crippen molar-refractivity contribution in [3.05, 3.63) is 59.4 Å². The van der Waals surface area contributed by atoms with Gasteiger partial charge in [-0.2, -0.15) is 0 Å². The van der Waals surface area contributed by atoms with Gasteiger partial charge in [-0.25, -0.2) is 8.78 Å². The number of ether oxygens (including phenoxy) is 1. The molecule has 1 aliphatic rings. The number of nitrogens with zero attached hydrogens (tertiary/aromatic N) is 1. The molecular weight excluding hydrogens is 298 g/mol. The minimum absolute atomic E-state index is 0.148. The first-order chi connectivity index (χ1) is 11.2. The number of aromatic nitrogens is 1. The van der Waals surface area contributed by atoms with Crippen LogP contribution in [0.4, 0.5) is 8.78 Å². The van der Waals surface area contributed by atoms with E-state index in [9.17, 15) is 8.78 Å². The predicted molar refractivity (Wildman–Crippen MR) is 84.3 cm³/mol. The first kappa shape index (κ1) is 15.9. The summed E-state index contributed by atoms with van der Waals surface area (Å²) in [6, 6.07) is 5.99. The van der Waals surface area contributed by atoms with Crippen LogP contribution in [0.2, 0.25) is 0 Å². The summed E-state index contributed by atoms with van der Waals surface area (Å²) in [4.78, 5) is 4.14. The molecule has 0 spiro atoms. The van der Waals surface area contributed by atoms with Crippen molar-refractivity contribution in [3.8, 4) is 5.75 Å². The number of aryl methyl sites for hydroxylation is 1. The Balaban J connectivity index is 1.96. The molecule has 5 heteroatoms. The van der Waals surface area contributed by atoms with Crippen LogP contribution < -0.4 is 10.1 Å². The molecule has 1 saturated heterocycles. The molecule has 1 aromatic heterocycles. The quantitative estimate of drug-likeness (QED) is 0.914. The van der Waals surface area contributed by atoms with Gasteiger partial charge in [-0.05, 0) is 37.1 Å². The number of halogens is 2. The van der Waals surface area contributed by atoms with Gasteiger partial charge < -0.3 is 10.1 Å². The number of benzene rings is 1. The van der Waals surface area contributed by atoms with Crippen molar-refractivity contribution in [1.29, 1.82) is 0 Å². The maximum atomic E-state index is 14.3. The Morgan fingerprint density at radius 2 is 2.26 bits per heavy atom. The van der Waals surface area contributed by atoms with Gasteiger partial charge in [0.25, 0.3) is 0 Å². The van der Waals surface area contributed by atoms with E-state index in [1.165, 1.54) is 6.07 Å². The summed E-state index contributed by atoms with van der Waals surface area (Å²) < 4.78 is 33.8. The summed E-state index contributed by atoms with van der Waals surface area (Å²) in [5.41, 5.74) is 1.45. The summed E-state index contributed by atoms with van der Waals surface area (Å²) in [6.45, 7) is 3.58. The Bertz CT molecular complexity index is 658. The van der Waals surface area contributed by atoms with E-state index in [4.69, 9.17) is 4.74 Å². The van der Waals surface area contributed by atoms with Gasteiger partial charge in [-0.15, -0.1) is 0 Å². The topological polar surface area (TPSA) is 34.1 Å². The van der Waals surface area contributed by atoms with Crippen LogP contribution in [0.15, 0.2) is 36.7 Å². The molecule has 3 nitrogen and oxygen atoms in total. The van der Waals surface area contributed by atoms with Gasteiger partial charge in [0.15, 0.2) is 11.6 Å². The van der Waals surface area contributed by atoms with Gasteiger partial charge in [0.2, 0.25) is 0 Å². The standard InChI is InChI=1S/C18H20F2N2O/c1-2-12-8-15(19)9-16(20)18(12)23-17(14-5-7-22-11-14)13-4-3-6-21-10-13/h3-4,6,8-10,14,17,22H,2,5,7,11H2,1H3. The van der Waals surface area contributed by atoms with Crippen LogP contribution in [-0.4, -0.2) is 18.1 Å². The summed E-state index contributed by atoms with van der Waals surface area (Å²) in [5.74, 6) is -0.850. The zero-order valence-electron chi connectivity index (χ0n) is 13.1. The zero-order valence-corrected chi connectivity index (χ0v) is 13.1. The van der Waals surface area contributed by atoms with Crippen molar-refractivity contribution in [1.82, 2.24) is 10.3 Å². The molecule has 2 atom stereocenters. The van der Waals surface area contributed by atoms with Crippen LogP contribution in [-0.2, 0) is 6.42 Å². The minimum atomic E-state index is -0.651. The van der Waals surface area contributed by atoms with E-state index in [0.29, 0.717) is 12.0 Å². The van der Waals surface area contributed by atoms with E-state index in [1.54, 1.807) is 12.4 Å². The highest BCUT2D eigenvalue weighted by atomic mass is 19.1. The maximum absolute atomic E-state index is 14.3. The lowest BCUT2D eigenvalue weighted by molar-refractivity contribution is 0.136. The average Bonchev–Trinajstić information content (AvgIpc) is 3.08. The third-order valence-corrected chi connectivity index (χ3v) is 4.25. The molecule has 0 saturated carbocycles. The zero-order chi connectivity index (χ0) is 16.2. The molecule has 122 valence electrons. The van der Waals surface area contributed by atoms with E-state index >= 15 is 0 Å². The highest BCUT2D eigenvalue weighted by molar-refractivity contribution is 5.36. The average molecular weight is 318 g/mol. The second-order valence-corrected chi connectivity index (χ2v) is 5.81. The molecule has 0 amide bonds. The molecule has 0 radical (unpaired) electrons. The monoisotopic (exact) mass is 318 g/mol. The van der Waals surface area contributed by atoms with Crippen LogP contribution in [0.25, 0.3) is 0 Å². The normalized spacial score (nSPS) is 18.8. The highest BCUT2D eigenvalue weighted by Crippen LogP contribution is 2.35. The summed E-state index contributed by atoms with van der Waals surface area (Å²) in [7, 11) is 0. The number of hydrogen-bond donors (Lipinski definition) is 1. The number of hydrogen-bond acceptors (Lipinski definition) is 3. The van der Waals surface area contributed by atoms with Crippen LogP contribution in [0.3, 0.4) is 0 Å². The van der Waals surface area contributed by atoms with Crippen molar-refractivity contribution < 1.29 is 13.5 Å². The van der Waals surface area contributed by atoms with Crippen LogP contribution in [0.1, 0.15) is 30.6 Å². The molecule has 0 aliphatic carbocycles. The smallest absolute Gasteiger partial charge is 0.168 e. The van der Waals surface area contributed by atoms with Gasteiger partial charge in [-0.3, -0.25) is 4.98 Å². The van der Waals surface area contributed by atoms with Crippen molar-refractivity contribution in [2.24, 2.45) is 5.92 Å². The molecule has 3 rings (SSSR count).